The lowest BCUT2D eigenvalue weighted by molar-refractivity contribution is -0.120. The Hall–Kier alpha value is -5.05. The molecule has 9 heteroatoms. The van der Waals surface area contributed by atoms with E-state index in [-0.39, 0.29) is 17.6 Å². The van der Waals surface area contributed by atoms with Crippen LogP contribution in [0.3, 0.4) is 0 Å². The number of amides is 2. The van der Waals surface area contributed by atoms with Crippen LogP contribution >= 0.6 is 0 Å². The molecule has 2 aromatic heterocycles. The molecule has 3 atom stereocenters. The number of carbonyl (C=O) groups is 2. The lowest BCUT2D eigenvalue weighted by Gasteiger charge is -2.29. The lowest BCUT2D eigenvalue weighted by Crippen LogP contribution is -2.42. The molecule has 0 aliphatic carbocycles. The molecule has 2 unspecified atom stereocenters. The predicted molar refractivity (Wildman–Crippen MR) is 149 cm³/mol. The summed E-state index contributed by atoms with van der Waals surface area (Å²) in [5.74, 6) is -0.528. The number of nitrogens with zero attached hydrogens (tertiary/aromatic N) is 4. The number of aromatic nitrogens is 3. The van der Waals surface area contributed by atoms with Crippen molar-refractivity contribution in [3.05, 3.63) is 114 Å². The fourth-order valence-electron chi connectivity index (χ4n) is 5.28. The van der Waals surface area contributed by atoms with Gasteiger partial charge in [0.2, 0.25) is 5.91 Å². The van der Waals surface area contributed by atoms with Crippen LogP contribution in [0.2, 0.25) is 0 Å². The Morgan fingerprint density at radius 2 is 1.73 bits per heavy atom. The molecule has 1 aliphatic rings. The second-order valence-corrected chi connectivity index (χ2v) is 9.73. The number of anilines is 1. The summed E-state index contributed by atoms with van der Waals surface area (Å²) in [6.45, 7) is 1.83. The van der Waals surface area contributed by atoms with Gasteiger partial charge in [-0.05, 0) is 72.3 Å². The Morgan fingerprint density at radius 3 is 2.42 bits per heavy atom. The van der Waals surface area contributed by atoms with Gasteiger partial charge in [-0.1, -0.05) is 19.1 Å². The summed E-state index contributed by atoms with van der Waals surface area (Å²) in [6.07, 6.45) is 4.83. The summed E-state index contributed by atoms with van der Waals surface area (Å²) >= 11 is 0. The van der Waals surface area contributed by atoms with Crippen LogP contribution in [0, 0.1) is 11.7 Å². The van der Waals surface area contributed by atoms with Crippen LogP contribution in [0.15, 0.2) is 97.5 Å². The summed E-state index contributed by atoms with van der Waals surface area (Å²) in [5.41, 5.74) is 3.50. The number of carbonyl (C=O) groups excluding carboxylic acids is 2. The molecule has 0 saturated carbocycles. The predicted octanol–water partition coefficient (Wildman–Crippen LogP) is 5.09. The van der Waals surface area contributed by atoms with Gasteiger partial charge in [0.05, 0.1) is 48.1 Å². The summed E-state index contributed by atoms with van der Waals surface area (Å²) in [4.78, 5) is 32.8. The van der Waals surface area contributed by atoms with Crippen molar-refractivity contribution in [1.29, 1.82) is 0 Å². The summed E-state index contributed by atoms with van der Waals surface area (Å²) in [6, 6.07) is 21.7. The van der Waals surface area contributed by atoms with Gasteiger partial charge < -0.3 is 15.0 Å². The molecular formula is C31H26FN5O3. The number of ether oxygens (including phenoxy) is 1. The molecule has 0 radical (unpaired) electrons. The maximum absolute atomic E-state index is 13.8. The molecule has 2 amide bonds. The Morgan fingerprint density at radius 1 is 0.975 bits per heavy atom. The van der Waals surface area contributed by atoms with Crippen molar-refractivity contribution in [2.45, 2.75) is 19.0 Å². The Bertz CT molecular complexity index is 1690. The number of halogens is 1. The molecule has 5 aromatic rings. The van der Waals surface area contributed by atoms with E-state index in [9.17, 15) is 14.0 Å². The normalized spacial score (nSPS) is 18.7. The quantitative estimate of drug-likeness (QED) is 0.327. The fraction of sp³-hybridized carbons (Fsp3) is 0.161. The van der Waals surface area contributed by atoms with E-state index >= 15 is 0 Å². The lowest BCUT2D eigenvalue weighted by atomic mass is 9.94. The van der Waals surface area contributed by atoms with Gasteiger partial charge >= 0.3 is 0 Å². The first-order valence-corrected chi connectivity index (χ1v) is 12.9. The van der Waals surface area contributed by atoms with Crippen LogP contribution in [-0.2, 0) is 4.79 Å². The van der Waals surface area contributed by atoms with E-state index in [0.29, 0.717) is 17.0 Å². The molecule has 1 fully saturated rings. The van der Waals surface area contributed by atoms with E-state index in [0.717, 1.165) is 22.2 Å². The highest BCUT2D eigenvalue weighted by Crippen LogP contribution is 2.41. The smallest absolute Gasteiger partial charge is 0.253 e. The number of pyridine rings is 1. The molecule has 3 heterocycles. The van der Waals surface area contributed by atoms with Gasteiger partial charge in [-0.2, -0.15) is 5.10 Å². The van der Waals surface area contributed by atoms with Crippen molar-refractivity contribution in [3.8, 4) is 11.4 Å². The topological polar surface area (TPSA) is 89.3 Å². The van der Waals surface area contributed by atoms with Crippen molar-refractivity contribution in [3.63, 3.8) is 0 Å². The van der Waals surface area contributed by atoms with Crippen molar-refractivity contribution in [2.24, 2.45) is 5.92 Å². The van der Waals surface area contributed by atoms with E-state index in [1.807, 2.05) is 49.4 Å². The summed E-state index contributed by atoms with van der Waals surface area (Å²) < 4.78 is 20.5. The average molecular weight is 536 g/mol. The Kier molecular flexibility index (Phi) is 6.47. The monoisotopic (exact) mass is 535 g/mol. The van der Waals surface area contributed by atoms with E-state index in [2.05, 4.69) is 15.4 Å². The standard InChI is InChI=1S/C31H26FN5O3/c1-19-28(35-30(38)21-4-3-15-33-17-21)29(20-5-12-26(40-2)13-6-20)36(31(19)39)25-11-14-27-22(16-25)18-34-37(27)24-9-7-23(32)8-10-24/h3-19,28-29H,1-2H3,(H,35,38)/t19?,28-,29?/m0/s1. The molecule has 1 N–H and O–H groups in total. The van der Waals surface area contributed by atoms with Crippen LogP contribution in [-0.4, -0.2) is 39.7 Å². The molecule has 6 rings (SSSR count). The minimum absolute atomic E-state index is 0.109. The molecular weight excluding hydrogens is 509 g/mol. The number of hydrogen-bond donors (Lipinski definition) is 1. The third-order valence-corrected chi connectivity index (χ3v) is 7.36. The highest BCUT2D eigenvalue weighted by atomic mass is 19.1. The Labute approximate surface area is 230 Å². The second-order valence-electron chi connectivity index (χ2n) is 9.73. The first kappa shape index (κ1) is 25.2. The van der Waals surface area contributed by atoms with Crippen LogP contribution in [0.25, 0.3) is 16.6 Å². The van der Waals surface area contributed by atoms with Gasteiger partial charge in [0.25, 0.3) is 5.91 Å². The number of rotatable bonds is 6. The number of hydrogen-bond acceptors (Lipinski definition) is 5. The van der Waals surface area contributed by atoms with Crippen LogP contribution < -0.4 is 15.0 Å². The largest absolute Gasteiger partial charge is 0.497 e. The minimum atomic E-state index is -0.508. The van der Waals surface area contributed by atoms with E-state index in [1.54, 1.807) is 53.4 Å². The number of benzene rings is 3. The van der Waals surface area contributed by atoms with Crippen LogP contribution in [0.1, 0.15) is 28.9 Å². The molecule has 0 bridgehead atoms. The maximum atomic E-state index is 13.8. The zero-order valence-corrected chi connectivity index (χ0v) is 21.9. The third kappa shape index (κ3) is 4.45. The van der Waals surface area contributed by atoms with E-state index < -0.39 is 18.0 Å². The number of methoxy groups -OCH3 is 1. The number of nitrogens with one attached hydrogen (secondary N) is 1. The molecule has 8 nitrogen and oxygen atoms in total. The third-order valence-electron chi connectivity index (χ3n) is 7.36. The summed E-state index contributed by atoms with van der Waals surface area (Å²) in [7, 11) is 1.60. The molecule has 40 heavy (non-hydrogen) atoms. The van der Waals surface area contributed by atoms with Crippen molar-refractivity contribution >= 4 is 28.4 Å². The van der Waals surface area contributed by atoms with E-state index in [1.165, 1.54) is 18.3 Å². The Balaban J connectivity index is 1.40. The van der Waals surface area contributed by atoms with Crippen LogP contribution in [0.5, 0.6) is 5.75 Å². The van der Waals surface area contributed by atoms with Crippen LogP contribution in [0.4, 0.5) is 10.1 Å². The maximum Gasteiger partial charge on any atom is 0.253 e. The summed E-state index contributed by atoms with van der Waals surface area (Å²) in [5, 5.41) is 8.41. The van der Waals surface area contributed by atoms with Gasteiger partial charge in [0.1, 0.15) is 11.6 Å². The first-order valence-electron chi connectivity index (χ1n) is 12.9. The minimum Gasteiger partial charge on any atom is -0.497 e. The average Bonchev–Trinajstić information content (AvgIpc) is 3.52. The fourth-order valence-corrected chi connectivity index (χ4v) is 5.28. The molecule has 200 valence electrons. The molecule has 0 spiro atoms. The molecule has 3 aromatic carbocycles. The van der Waals surface area contributed by atoms with Crippen molar-refractivity contribution < 1.29 is 18.7 Å². The van der Waals surface area contributed by atoms with Crippen molar-refractivity contribution in [2.75, 3.05) is 12.0 Å². The molecule has 1 aliphatic heterocycles. The second kappa shape index (κ2) is 10.3. The molecule has 1 saturated heterocycles. The number of fused-ring (bicyclic) bond motifs is 1. The highest BCUT2D eigenvalue weighted by Gasteiger charge is 2.48. The van der Waals surface area contributed by atoms with Gasteiger partial charge in [-0.15, -0.1) is 0 Å². The SMILES string of the molecule is COc1ccc(C2[C@@H](NC(=O)c3cccnc3)C(C)C(=O)N2c2ccc3c(cnn3-c3ccc(F)cc3)c2)cc1. The van der Waals surface area contributed by atoms with Gasteiger partial charge in [0.15, 0.2) is 0 Å². The van der Waals surface area contributed by atoms with Gasteiger partial charge in [-0.3, -0.25) is 14.6 Å². The first-order chi connectivity index (χ1) is 19.4. The van der Waals surface area contributed by atoms with Gasteiger partial charge in [0, 0.05) is 23.5 Å². The van der Waals surface area contributed by atoms with Gasteiger partial charge in [-0.25, -0.2) is 9.07 Å². The zero-order valence-electron chi connectivity index (χ0n) is 21.9. The highest BCUT2D eigenvalue weighted by molar-refractivity contribution is 6.02. The van der Waals surface area contributed by atoms with E-state index in [4.69, 9.17) is 4.74 Å². The van der Waals surface area contributed by atoms with Crippen molar-refractivity contribution in [1.82, 2.24) is 20.1 Å². The zero-order chi connectivity index (χ0) is 27.8.